The third-order valence-corrected chi connectivity index (χ3v) is 2.74. The number of nitrogens with one attached hydrogen (secondary N) is 1. The van der Waals surface area contributed by atoms with Gasteiger partial charge in [-0.1, -0.05) is 24.1 Å². The van der Waals surface area contributed by atoms with Gasteiger partial charge in [0.1, 0.15) is 0 Å². The van der Waals surface area contributed by atoms with Gasteiger partial charge >= 0.3 is 5.97 Å². The molecule has 0 aromatic heterocycles. The van der Waals surface area contributed by atoms with E-state index in [9.17, 15) is 4.79 Å². The van der Waals surface area contributed by atoms with Crippen LogP contribution in [0.3, 0.4) is 0 Å². The van der Waals surface area contributed by atoms with Gasteiger partial charge in [0.15, 0.2) is 0 Å². The van der Waals surface area contributed by atoms with Gasteiger partial charge in [0.05, 0.1) is 6.61 Å². The number of carbonyl (C=O) groups excluding carboxylic acids is 1. The van der Waals surface area contributed by atoms with Crippen molar-refractivity contribution in [2.75, 3.05) is 18.5 Å². The van der Waals surface area contributed by atoms with Crippen LogP contribution in [0.2, 0.25) is 0 Å². The SMILES string of the molecule is CCOC(=O)CCCCCNc1ccc(C)cc1. The van der Waals surface area contributed by atoms with Crippen LogP contribution in [0.15, 0.2) is 24.3 Å². The second-order valence-corrected chi connectivity index (χ2v) is 4.41. The number of benzene rings is 1. The van der Waals surface area contributed by atoms with Crippen molar-refractivity contribution in [3.05, 3.63) is 29.8 Å². The summed E-state index contributed by atoms with van der Waals surface area (Å²) in [7, 11) is 0. The van der Waals surface area contributed by atoms with Gasteiger partial charge in [0.2, 0.25) is 0 Å². The Morgan fingerprint density at radius 1 is 1.17 bits per heavy atom. The van der Waals surface area contributed by atoms with Crippen molar-refractivity contribution in [1.29, 1.82) is 0 Å². The lowest BCUT2D eigenvalue weighted by atomic mass is 10.2. The first-order valence-electron chi connectivity index (χ1n) is 6.68. The van der Waals surface area contributed by atoms with Gasteiger partial charge in [-0.25, -0.2) is 0 Å². The van der Waals surface area contributed by atoms with Crippen LogP contribution < -0.4 is 5.32 Å². The first-order chi connectivity index (χ1) is 8.72. The molecule has 0 fully saturated rings. The van der Waals surface area contributed by atoms with Crippen molar-refractivity contribution in [2.24, 2.45) is 0 Å². The van der Waals surface area contributed by atoms with E-state index in [2.05, 4.69) is 36.5 Å². The maximum atomic E-state index is 11.1. The quantitative estimate of drug-likeness (QED) is 0.566. The average Bonchev–Trinajstić information content (AvgIpc) is 2.36. The van der Waals surface area contributed by atoms with E-state index >= 15 is 0 Å². The third kappa shape index (κ3) is 6.28. The lowest BCUT2D eigenvalue weighted by molar-refractivity contribution is -0.143. The predicted molar refractivity (Wildman–Crippen MR) is 74.8 cm³/mol. The summed E-state index contributed by atoms with van der Waals surface area (Å²) >= 11 is 0. The van der Waals surface area contributed by atoms with Crippen LogP contribution in [-0.2, 0) is 9.53 Å². The maximum Gasteiger partial charge on any atom is 0.305 e. The van der Waals surface area contributed by atoms with Crippen LogP contribution in [0.4, 0.5) is 5.69 Å². The molecule has 0 heterocycles. The standard InChI is InChI=1S/C15H23NO2/c1-3-18-15(17)7-5-4-6-12-16-14-10-8-13(2)9-11-14/h8-11,16H,3-7,12H2,1-2H3. The molecule has 3 heteroatoms. The molecule has 18 heavy (non-hydrogen) atoms. The molecule has 1 aromatic carbocycles. The Balaban J connectivity index is 2.02. The smallest absolute Gasteiger partial charge is 0.305 e. The number of anilines is 1. The van der Waals surface area contributed by atoms with Gasteiger partial charge in [-0.05, 0) is 38.8 Å². The van der Waals surface area contributed by atoms with Gasteiger partial charge < -0.3 is 10.1 Å². The van der Waals surface area contributed by atoms with Crippen molar-refractivity contribution in [3.8, 4) is 0 Å². The van der Waals surface area contributed by atoms with Gasteiger partial charge in [-0.2, -0.15) is 0 Å². The molecule has 3 nitrogen and oxygen atoms in total. The van der Waals surface area contributed by atoms with Gasteiger partial charge in [0.25, 0.3) is 0 Å². The molecule has 0 spiro atoms. The zero-order chi connectivity index (χ0) is 13.2. The fraction of sp³-hybridized carbons (Fsp3) is 0.533. The Kier molecular flexibility index (Phi) is 6.92. The van der Waals surface area contributed by atoms with Gasteiger partial charge in [-0.15, -0.1) is 0 Å². The molecule has 0 aliphatic rings. The molecule has 0 amide bonds. The molecule has 0 saturated heterocycles. The Labute approximate surface area is 110 Å². The van der Waals surface area contributed by atoms with Crippen LogP contribution in [-0.4, -0.2) is 19.1 Å². The van der Waals surface area contributed by atoms with Crippen molar-refractivity contribution >= 4 is 11.7 Å². The lowest BCUT2D eigenvalue weighted by Crippen LogP contribution is -2.04. The highest BCUT2D eigenvalue weighted by Crippen LogP contribution is 2.09. The topological polar surface area (TPSA) is 38.3 Å². The summed E-state index contributed by atoms with van der Waals surface area (Å²) in [4.78, 5) is 11.1. The summed E-state index contributed by atoms with van der Waals surface area (Å²) in [5.41, 5.74) is 2.43. The number of unbranched alkanes of at least 4 members (excludes halogenated alkanes) is 2. The molecule has 0 saturated carbocycles. The molecule has 0 aliphatic heterocycles. The minimum Gasteiger partial charge on any atom is -0.466 e. The average molecular weight is 249 g/mol. The highest BCUT2D eigenvalue weighted by molar-refractivity contribution is 5.69. The van der Waals surface area contributed by atoms with E-state index in [0.717, 1.165) is 31.5 Å². The van der Waals surface area contributed by atoms with E-state index in [1.54, 1.807) is 0 Å². The third-order valence-electron chi connectivity index (χ3n) is 2.74. The molecule has 1 aromatic rings. The largest absolute Gasteiger partial charge is 0.466 e. The number of carbonyl (C=O) groups is 1. The second kappa shape index (κ2) is 8.56. The monoisotopic (exact) mass is 249 g/mol. The van der Waals surface area contributed by atoms with E-state index in [4.69, 9.17) is 4.74 Å². The van der Waals surface area contributed by atoms with Crippen LogP contribution >= 0.6 is 0 Å². The minimum atomic E-state index is -0.0796. The lowest BCUT2D eigenvalue weighted by Gasteiger charge is -2.06. The number of hydrogen-bond acceptors (Lipinski definition) is 3. The predicted octanol–water partition coefficient (Wildman–Crippen LogP) is 3.53. The molecule has 0 radical (unpaired) electrons. The van der Waals surface area contributed by atoms with Crippen molar-refractivity contribution in [3.63, 3.8) is 0 Å². The molecular weight excluding hydrogens is 226 g/mol. The summed E-state index contributed by atoms with van der Waals surface area (Å²) in [6.45, 7) is 5.35. The molecule has 0 unspecified atom stereocenters. The zero-order valence-electron chi connectivity index (χ0n) is 11.4. The van der Waals surface area contributed by atoms with Gasteiger partial charge in [0, 0.05) is 18.7 Å². The normalized spacial score (nSPS) is 10.1. The van der Waals surface area contributed by atoms with Gasteiger partial charge in [-0.3, -0.25) is 4.79 Å². The fourth-order valence-electron chi connectivity index (χ4n) is 1.71. The highest BCUT2D eigenvalue weighted by atomic mass is 16.5. The summed E-state index contributed by atoms with van der Waals surface area (Å²) in [6, 6.07) is 8.38. The Bertz CT molecular complexity index is 346. The molecular formula is C15H23NO2. The maximum absolute atomic E-state index is 11.1. The first kappa shape index (κ1) is 14.6. The zero-order valence-corrected chi connectivity index (χ0v) is 11.4. The number of rotatable bonds is 8. The highest BCUT2D eigenvalue weighted by Gasteiger charge is 2.00. The number of hydrogen-bond donors (Lipinski definition) is 1. The summed E-state index contributed by atoms with van der Waals surface area (Å²) in [5, 5.41) is 3.37. The molecule has 0 atom stereocenters. The molecule has 0 bridgehead atoms. The molecule has 0 aliphatic carbocycles. The Hall–Kier alpha value is -1.51. The molecule has 1 rings (SSSR count). The van der Waals surface area contributed by atoms with E-state index < -0.39 is 0 Å². The summed E-state index contributed by atoms with van der Waals surface area (Å²) < 4.78 is 4.87. The fourth-order valence-corrected chi connectivity index (χ4v) is 1.71. The van der Waals surface area contributed by atoms with Crippen LogP contribution in [0, 0.1) is 6.92 Å². The Morgan fingerprint density at radius 2 is 1.89 bits per heavy atom. The van der Waals surface area contributed by atoms with E-state index in [-0.39, 0.29) is 5.97 Å². The number of ether oxygens (including phenoxy) is 1. The van der Waals surface area contributed by atoms with Crippen LogP contribution in [0.25, 0.3) is 0 Å². The van der Waals surface area contributed by atoms with Crippen molar-refractivity contribution < 1.29 is 9.53 Å². The van der Waals surface area contributed by atoms with Crippen LogP contribution in [0.5, 0.6) is 0 Å². The van der Waals surface area contributed by atoms with Crippen molar-refractivity contribution in [2.45, 2.75) is 39.5 Å². The number of esters is 1. The molecule has 1 N–H and O–H groups in total. The molecule has 100 valence electrons. The first-order valence-corrected chi connectivity index (χ1v) is 6.68. The van der Waals surface area contributed by atoms with E-state index in [1.807, 2.05) is 6.92 Å². The minimum absolute atomic E-state index is 0.0796. The Morgan fingerprint density at radius 3 is 2.56 bits per heavy atom. The van der Waals surface area contributed by atoms with E-state index in [0.29, 0.717) is 13.0 Å². The summed E-state index contributed by atoms with van der Waals surface area (Å²) in [6.07, 6.45) is 3.58. The second-order valence-electron chi connectivity index (χ2n) is 4.41. The van der Waals surface area contributed by atoms with E-state index in [1.165, 1.54) is 5.56 Å². The van der Waals surface area contributed by atoms with Crippen molar-refractivity contribution in [1.82, 2.24) is 0 Å². The summed E-state index contributed by atoms with van der Waals surface area (Å²) in [5.74, 6) is -0.0796. The van der Waals surface area contributed by atoms with Crippen LogP contribution in [0.1, 0.15) is 38.2 Å². The number of aryl methyl sites for hydroxylation is 1.